The summed E-state index contributed by atoms with van der Waals surface area (Å²) in [6.45, 7) is 0. The first-order valence-corrected chi connectivity index (χ1v) is 12.2. The Morgan fingerprint density at radius 3 is 2.33 bits per heavy atom. The van der Waals surface area contributed by atoms with Gasteiger partial charge in [-0.25, -0.2) is 13.4 Å². The summed E-state index contributed by atoms with van der Waals surface area (Å²) < 4.78 is 28.4. The Hall–Kier alpha value is -1.93. The Kier molecular flexibility index (Phi) is 7.18. The van der Waals surface area contributed by atoms with Crippen LogP contribution >= 0.6 is 35.0 Å². The van der Waals surface area contributed by atoms with E-state index in [1.54, 1.807) is 91.5 Å². The van der Waals surface area contributed by atoms with Crippen LogP contribution in [0.25, 0.3) is 4.91 Å². The van der Waals surface area contributed by atoms with Crippen molar-refractivity contribution in [2.45, 2.75) is 15.8 Å². The van der Waals surface area contributed by atoms with E-state index in [2.05, 4.69) is 4.98 Å². The quantitative estimate of drug-likeness (QED) is 0.425. The minimum Gasteiger partial charge on any atom is -0.382 e. The molecule has 0 aliphatic carbocycles. The molecule has 1 heterocycles. The van der Waals surface area contributed by atoms with Gasteiger partial charge >= 0.3 is 0 Å². The molecule has 0 atom stereocenters. The number of imidazole rings is 1. The lowest BCUT2D eigenvalue weighted by atomic mass is 10.2. The van der Waals surface area contributed by atoms with Crippen molar-refractivity contribution < 1.29 is 8.42 Å². The third-order valence-corrected chi connectivity index (χ3v) is 7.89. The number of halogens is 2. The lowest BCUT2D eigenvalue weighted by molar-refractivity contribution is 0.563. The molecule has 30 heavy (non-hydrogen) atoms. The van der Waals surface area contributed by atoms with Crippen LogP contribution < -0.4 is 0 Å². The second-order valence-corrected chi connectivity index (χ2v) is 10.4. The summed E-state index contributed by atoms with van der Waals surface area (Å²) in [5.74, 6) is 0.515. The predicted octanol–water partition coefficient (Wildman–Crippen LogP) is 5.35. The molecule has 5 nitrogen and oxygen atoms in total. The van der Waals surface area contributed by atoms with Crippen LogP contribution in [-0.4, -0.2) is 37.0 Å². The Morgan fingerprint density at radius 2 is 1.73 bits per heavy atom. The van der Waals surface area contributed by atoms with Crippen molar-refractivity contribution in [3.8, 4) is 0 Å². The lowest BCUT2D eigenvalue weighted by Gasteiger charge is -2.14. The van der Waals surface area contributed by atoms with E-state index in [-0.39, 0.29) is 9.80 Å². The van der Waals surface area contributed by atoms with Gasteiger partial charge in [0.15, 0.2) is 5.16 Å². The molecule has 0 N–H and O–H groups in total. The Morgan fingerprint density at radius 1 is 1.10 bits per heavy atom. The zero-order valence-corrected chi connectivity index (χ0v) is 19.9. The molecular weight excluding hydrogens is 461 g/mol. The van der Waals surface area contributed by atoms with Crippen LogP contribution in [0.15, 0.2) is 71.0 Å². The minimum atomic E-state index is -3.73. The third kappa shape index (κ3) is 4.86. The van der Waals surface area contributed by atoms with Crippen LogP contribution in [0.5, 0.6) is 0 Å². The van der Waals surface area contributed by atoms with Crippen molar-refractivity contribution in [1.29, 1.82) is 0 Å². The van der Waals surface area contributed by atoms with Gasteiger partial charge in [0.1, 0.15) is 4.91 Å². The Bertz CT molecular complexity index is 1150. The van der Waals surface area contributed by atoms with Gasteiger partial charge in [0.25, 0.3) is 0 Å². The molecular formula is C21H21Cl2N3O2S2. The molecule has 3 aromatic rings. The number of benzene rings is 2. The monoisotopic (exact) mass is 481 g/mol. The van der Waals surface area contributed by atoms with E-state index in [0.29, 0.717) is 26.6 Å². The first-order chi connectivity index (χ1) is 14.2. The van der Waals surface area contributed by atoms with Crippen molar-refractivity contribution >= 4 is 49.7 Å². The van der Waals surface area contributed by atoms with Crippen molar-refractivity contribution in [2.75, 3.05) is 14.1 Å². The van der Waals surface area contributed by atoms with Crippen molar-refractivity contribution in [3.05, 3.63) is 82.2 Å². The highest BCUT2D eigenvalue weighted by molar-refractivity contribution is 8.00. The molecule has 0 amide bonds. The molecule has 0 bridgehead atoms. The molecule has 0 saturated carbocycles. The van der Waals surface area contributed by atoms with Crippen LogP contribution in [0.2, 0.25) is 10.0 Å². The van der Waals surface area contributed by atoms with Crippen LogP contribution in [-0.2, 0) is 22.6 Å². The van der Waals surface area contributed by atoms with Gasteiger partial charge in [0.2, 0.25) is 9.84 Å². The summed E-state index contributed by atoms with van der Waals surface area (Å²) in [5, 5.41) is 1.84. The maximum atomic E-state index is 13.3. The first-order valence-electron chi connectivity index (χ1n) is 8.98. The fourth-order valence-corrected chi connectivity index (χ4v) is 6.07. The second kappa shape index (κ2) is 9.47. The predicted molar refractivity (Wildman–Crippen MR) is 125 cm³/mol. The number of rotatable bonds is 7. The molecule has 158 valence electrons. The number of hydrogen-bond donors (Lipinski definition) is 0. The van der Waals surface area contributed by atoms with Gasteiger partial charge in [0, 0.05) is 43.1 Å². The Balaban J connectivity index is 1.97. The highest BCUT2D eigenvalue weighted by Gasteiger charge is 2.26. The first kappa shape index (κ1) is 22.7. The summed E-state index contributed by atoms with van der Waals surface area (Å²) in [6.07, 6.45) is 3.17. The van der Waals surface area contributed by atoms with E-state index in [9.17, 15) is 8.42 Å². The largest absolute Gasteiger partial charge is 0.382 e. The van der Waals surface area contributed by atoms with E-state index in [0.717, 1.165) is 5.56 Å². The van der Waals surface area contributed by atoms with E-state index in [1.807, 2.05) is 0 Å². The standard InChI is InChI=1S/C21H21Cl2N3O2S2/c1-25(2)13-20(30(27,28)15-8-5-4-6-9-15)19-12-24-21(26(19)3)29-14-16-17(22)10-7-11-18(16)23/h4-13H,14H2,1-3H3. The Labute approximate surface area is 191 Å². The maximum absolute atomic E-state index is 13.3. The fraction of sp³-hybridized carbons (Fsp3) is 0.190. The number of thioether (sulfide) groups is 1. The number of nitrogens with zero attached hydrogens (tertiary/aromatic N) is 3. The lowest BCUT2D eigenvalue weighted by Crippen LogP contribution is -2.12. The van der Waals surface area contributed by atoms with Gasteiger partial charge in [-0.15, -0.1) is 0 Å². The SMILES string of the molecule is CN(C)C=C(c1cnc(SCc2c(Cl)cccc2Cl)n1C)S(=O)(=O)c1ccccc1. The van der Waals surface area contributed by atoms with Crippen molar-refractivity contribution in [3.63, 3.8) is 0 Å². The summed E-state index contributed by atoms with van der Waals surface area (Å²) in [4.78, 5) is 6.56. The highest BCUT2D eigenvalue weighted by Crippen LogP contribution is 2.34. The average molecular weight is 482 g/mol. The van der Waals surface area contributed by atoms with Crippen molar-refractivity contribution in [2.24, 2.45) is 7.05 Å². The summed E-state index contributed by atoms with van der Waals surface area (Å²) >= 11 is 14.0. The molecule has 0 radical (unpaired) electrons. The number of hydrogen-bond acceptors (Lipinski definition) is 5. The minimum absolute atomic E-state index is 0.177. The molecule has 0 unspecified atom stereocenters. The molecule has 0 spiro atoms. The van der Waals surface area contributed by atoms with Crippen LogP contribution in [0.4, 0.5) is 0 Å². The zero-order chi connectivity index (χ0) is 21.9. The van der Waals surface area contributed by atoms with Crippen LogP contribution in [0, 0.1) is 0 Å². The average Bonchev–Trinajstić information content (AvgIpc) is 3.06. The van der Waals surface area contributed by atoms with Gasteiger partial charge < -0.3 is 9.47 Å². The molecule has 3 rings (SSSR count). The summed E-state index contributed by atoms with van der Waals surface area (Å²) in [5.41, 5.74) is 1.32. The van der Waals surface area contributed by atoms with E-state index in [1.165, 1.54) is 11.8 Å². The molecule has 0 saturated heterocycles. The van der Waals surface area contributed by atoms with Gasteiger partial charge in [-0.1, -0.05) is 59.2 Å². The van der Waals surface area contributed by atoms with Gasteiger partial charge in [-0.2, -0.15) is 0 Å². The molecule has 9 heteroatoms. The van der Waals surface area contributed by atoms with Crippen LogP contribution in [0.1, 0.15) is 11.3 Å². The molecule has 0 aliphatic heterocycles. The van der Waals surface area contributed by atoms with Gasteiger partial charge in [-0.05, 0) is 29.8 Å². The molecule has 0 fully saturated rings. The maximum Gasteiger partial charge on any atom is 0.210 e. The van der Waals surface area contributed by atoms with E-state index < -0.39 is 9.84 Å². The zero-order valence-electron chi connectivity index (χ0n) is 16.7. The molecule has 2 aromatic carbocycles. The van der Waals surface area contributed by atoms with Gasteiger partial charge in [0.05, 0.1) is 16.8 Å². The van der Waals surface area contributed by atoms with Gasteiger partial charge in [-0.3, -0.25) is 0 Å². The van der Waals surface area contributed by atoms with E-state index >= 15 is 0 Å². The molecule has 0 aliphatic rings. The third-order valence-electron chi connectivity index (χ3n) is 4.32. The van der Waals surface area contributed by atoms with Crippen molar-refractivity contribution in [1.82, 2.24) is 14.5 Å². The number of aromatic nitrogens is 2. The topological polar surface area (TPSA) is 55.2 Å². The normalized spacial score (nSPS) is 12.2. The highest BCUT2D eigenvalue weighted by atomic mass is 35.5. The fourth-order valence-electron chi connectivity index (χ4n) is 2.80. The van der Waals surface area contributed by atoms with Crippen LogP contribution in [0.3, 0.4) is 0 Å². The molecule has 1 aromatic heterocycles. The summed E-state index contributed by atoms with van der Waals surface area (Å²) in [7, 11) is 1.63. The number of sulfone groups is 1. The summed E-state index contributed by atoms with van der Waals surface area (Å²) in [6, 6.07) is 13.7. The second-order valence-electron chi connectivity index (χ2n) is 6.75. The smallest absolute Gasteiger partial charge is 0.210 e. The van der Waals surface area contributed by atoms with E-state index in [4.69, 9.17) is 23.2 Å².